The molecule has 0 saturated carbocycles. The Morgan fingerprint density at radius 2 is 1.55 bits per heavy atom. The Morgan fingerprint density at radius 1 is 0.818 bits per heavy atom. The van der Waals surface area contributed by atoms with Gasteiger partial charge in [-0.05, 0) is 56.0 Å². The van der Waals surface area contributed by atoms with Crippen molar-refractivity contribution in [3.05, 3.63) is 52.0 Å². The van der Waals surface area contributed by atoms with E-state index in [-0.39, 0.29) is 11.9 Å². The molecule has 9 heteroatoms. The summed E-state index contributed by atoms with van der Waals surface area (Å²) in [4.78, 5) is 35.6. The maximum absolute atomic E-state index is 12.7. The summed E-state index contributed by atoms with van der Waals surface area (Å²) in [7, 11) is 0. The summed E-state index contributed by atoms with van der Waals surface area (Å²) in [5.41, 5.74) is 2.62. The van der Waals surface area contributed by atoms with Crippen LogP contribution in [0.15, 0.2) is 36.4 Å². The van der Waals surface area contributed by atoms with Gasteiger partial charge in [-0.25, -0.2) is 4.79 Å². The lowest BCUT2D eigenvalue weighted by molar-refractivity contribution is -0.151. The van der Waals surface area contributed by atoms with Gasteiger partial charge in [0, 0.05) is 45.1 Å². The number of fused-ring (bicyclic) bond motifs is 1. The lowest BCUT2D eigenvalue weighted by Gasteiger charge is -2.36. The van der Waals surface area contributed by atoms with E-state index in [4.69, 9.17) is 32.8 Å². The Kier molecular flexibility index (Phi) is 14.4. The molecule has 0 bridgehead atoms. The van der Waals surface area contributed by atoms with Crippen molar-refractivity contribution in [3.63, 3.8) is 0 Å². The molecule has 1 fully saturated rings. The molecule has 0 aliphatic carbocycles. The second-order valence-electron chi connectivity index (χ2n) is 12.0. The van der Waals surface area contributed by atoms with Crippen molar-refractivity contribution >= 4 is 46.5 Å². The number of nitrogens with zero attached hydrogens (tertiary/aromatic N) is 3. The summed E-state index contributed by atoms with van der Waals surface area (Å²) in [5.74, 6) is 0.148. The van der Waals surface area contributed by atoms with Crippen molar-refractivity contribution in [1.29, 1.82) is 0 Å². The Labute approximate surface area is 273 Å². The van der Waals surface area contributed by atoms with Crippen LogP contribution in [0.5, 0.6) is 5.75 Å². The van der Waals surface area contributed by atoms with Gasteiger partial charge < -0.3 is 14.5 Å². The number of hydroxylamine groups is 1. The van der Waals surface area contributed by atoms with Gasteiger partial charge in [0.05, 0.1) is 28.0 Å². The van der Waals surface area contributed by atoms with Gasteiger partial charge in [-0.1, -0.05) is 93.6 Å². The summed E-state index contributed by atoms with van der Waals surface area (Å²) in [6, 6.07) is 11.5. The number of aryl methyl sites for hydroxylation is 1. The highest BCUT2D eigenvalue weighted by molar-refractivity contribution is 6.43. The van der Waals surface area contributed by atoms with E-state index in [1.807, 2.05) is 36.4 Å². The van der Waals surface area contributed by atoms with Crippen LogP contribution in [0.25, 0.3) is 0 Å². The van der Waals surface area contributed by atoms with E-state index < -0.39 is 0 Å². The smallest absolute Gasteiger partial charge is 0.333 e. The average Bonchev–Trinajstić information content (AvgIpc) is 3.03. The number of carbonyl (C=O) groups excluding carboxylic acids is 2. The fourth-order valence-electron chi connectivity index (χ4n) is 5.92. The van der Waals surface area contributed by atoms with E-state index in [9.17, 15) is 9.59 Å². The number of amides is 1. The first-order valence-corrected chi connectivity index (χ1v) is 17.4. The normalized spacial score (nSPS) is 15.4. The van der Waals surface area contributed by atoms with Gasteiger partial charge in [-0.15, -0.1) is 5.06 Å². The molecule has 242 valence electrons. The zero-order valence-corrected chi connectivity index (χ0v) is 27.8. The van der Waals surface area contributed by atoms with Crippen LogP contribution in [0.2, 0.25) is 10.0 Å². The largest absolute Gasteiger partial charge is 0.494 e. The molecule has 0 spiro atoms. The van der Waals surface area contributed by atoms with Crippen molar-refractivity contribution in [2.75, 3.05) is 49.3 Å². The van der Waals surface area contributed by atoms with Gasteiger partial charge >= 0.3 is 5.97 Å². The van der Waals surface area contributed by atoms with Crippen LogP contribution in [0.4, 0.5) is 11.4 Å². The lowest BCUT2D eigenvalue weighted by Crippen LogP contribution is -2.46. The van der Waals surface area contributed by atoms with Crippen molar-refractivity contribution in [2.24, 2.45) is 0 Å². The molecule has 0 aromatic heterocycles. The first kappa shape index (κ1) is 34.4. The first-order valence-electron chi connectivity index (χ1n) is 16.7. The monoisotopic (exact) mass is 645 g/mol. The van der Waals surface area contributed by atoms with Crippen LogP contribution in [0.3, 0.4) is 0 Å². The van der Waals surface area contributed by atoms with Crippen molar-refractivity contribution in [1.82, 2.24) is 4.90 Å². The van der Waals surface area contributed by atoms with Gasteiger partial charge in [0.25, 0.3) is 5.91 Å². The Balaban J connectivity index is 1.14. The van der Waals surface area contributed by atoms with E-state index in [2.05, 4.69) is 16.7 Å². The molecule has 1 amide bonds. The van der Waals surface area contributed by atoms with Gasteiger partial charge in [0.2, 0.25) is 0 Å². The number of halogens is 2. The number of anilines is 2. The van der Waals surface area contributed by atoms with Gasteiger partial charge in [-0.3, -0.25) is 9.69 Å². The third-order valence-corrected chi connectivity index (χ3v) is 9.38. The van der Waals surface area contributed by atoms with Crippen LogP contribution in [0.1, 0.15) is 96.0 Å². The molecule has 0 N–H and O–H groups in total. The quantitative estimate of drug-likeness (QED) is 0.151. The molecule has 2 aliphatic rings. The Hall–Kier alpha value is -2.48. The fraction of sp³-hybridized carbons (Fsp3) is 0.600. The number of unbranched alkanes of at least 4 members (excludes halogenated alkanes) is 9. The molecule has 0 unspecified atom stereocenters. The molecule has 4 rings (SSSR count). The van der Waals surface area contributed by atoms with Crippen LogP contribution < -0.4 is 14.7 Å². The van der Waals surface area contributed by atoms with Crippen LogP contribution in [0, 0.1) is 0 Å². The SMILES string of the molecule is CCCCCCCCCCCC(=O)ON1C(=O)CCc2ccc(OCCCCN3CCN(c4cccc(Cl)c4Cl)CC3)cc21. The van der Waals surface area contributed by atoms with E-state index in [1.54, 1.807) is 0 Å². The number of hydrogen-bond acceptors (Lipinski definition) is 6. The molecule has 2 aromatic rings. The Morgan fingerprint density at radius 3 is 2.30 bits per heavy atom. The molecule has 44 heavy (non-hydrogen) atoms. The molecule has 2 aromatic carbocycles. The van der Waals surface area contributed by atoms with E-state index >= 15 is 0 Å². The number of rotatable bonds is 18. The highest BCUT2D eigenvalue weighted by Crippen LogP contribution is 2.34. The summed E-state index contributed by atoms with van der Waals surface area (Å²) in [6.45, 7) is 7.64. The molecular weight excluding hydrogens is 597 g/mol. The van der Waals surface area contributed by atoms with Gasteiger partial charge in [0.1, 0.15) is 5.75 Å². The molecular formula is C35H49Cl2N3O4. The van der Waals surface area contributed by atoms with Crippen molar-refractivity contribution < 1.29 is 19.2 Å². The Bertz CT molecular complexity index is 1200. The van der Waals surface area contributed by atoms with Crippen molar-refractivity contribution in [3.8, 4) is 5.75 Å². The van der Waals surface area contributed by atoms with Crippen LogP contribution in [-0.4, -0.2) is 56.1 Å². The predicted octanol–water partition coefficient (Wildman–Crippen LogP) is 8.63. The molecule has 7 nitrogen and oxygen atoms in total. The summed E-state index contributed by atoms with van der Waals surface area (Å²) < 4.78 is 6.05. The topological polar surface area (TPSA) is 62.3 Å². The minimum Gasteiger partial charge on any atom is -0.494 e. The highest BCUT2D eigenvalue weighted by atomic mass is 35.5. The molecule has 2 aliphatic heterocycles. The lowest BCUT2D eigenvalue weighted by atomic mass is 10.0. The second kappa shape index (κ2) is 18.5. The molecule has 0 atom stereocenters. The average molecular weight is 647 g/mol. The number of carbonyl (C=O) groups is 2. The first-order chi connectivity index (χ1) is 21.5. The van der Waals surface area contributed by atoms with E-state index in [0.717, 1.165) is 76.1 Å². The maximum Gasteiger partial charge on any atom is 0.333 e. The maximum atomic E-state index is 12.7. The number of piperazine rings is 1. The predicted molar refractivity (Wildman–Crippen MR) is 180 cm³/mol. The summed E-state index contributed by atoms with van der Waals surface area (Å²) in [6.07, 6.45) is 13.9. The minimum atomic E-state index is -0.350. The zero-order chi connectivity index (χ0) is 31.1. The van der Waals surface area contributed by atoms with Crippen molar-refractivity contribution in [2.45, 2.75) is 96.8 Å². The number of hydrogen-bond donors (Lipinski definition) is 0. The molecule has 2 heterocycles. The standard InChI is InChI=1S/C35H49Cl2N3O4/c1-2-3-4-5-6-7-8-9-10-16-34(42)44-40-32-27-29(19-17-28(32)18-20-33(40)41)43-26-12-11-21-38-22-24-39(25-23-38)31-15-13-14-30(36)35(31)37/h13-15,17,19,27H,2-12,16,18,20-26H2,1H3. The third kappa shape index (κ3) is 10.6. The van der Waals surface area contributed by atoms with Gasteiger partial charge in [0.15, 0.2) is 0 Å². The van der Waals surface area contributed by atoms with Gasteiger partial charge in [-0.2, -0.15) is 0 Å². The molecule has 1 saturated heterocycles. The summed E-state index contributed by atoms with van der Waals surface area (Å²) >= 11 is 12.6. The van der Waals surface area contributed by atoms with E-state index in [0.29, 0.717) is 47.4 Å². The highest BCUT2D eigenvalue weighted by Gasteiger charge is 2.28. The fourth-order valence-corrected chi connectivity index (χ4v) is 6.33. The zero-order valence-electron chi connectivity index (χ0n) is 26.3. The summed E-state index contributed by atoms with van der Waals surface area (Å²) in [5, 5.41) is 2.41. The van der Waals surface area contributed by atoms with E-state index in [1.165, 1.54) is 43.6 Å². The third-order valence-electron chi connectivity index (χ3n) is 8.57. The number of ether oxygens (including phenoxy) is 1. The second-order valence-corrected chi connectivity index (χ2v) is 12.8. The molecule has 0 radical (unpaired) electrons. The minimum absolute atomic E-state index is 0.187. The van der Waals surface area contributed by atoms with Crippen LogP contribution in [-0.2, 0) is 20.8 Å². The van der Waals surface area contributed by atoms with Crippen LogP contribution >= 0.6 is 23.2 Å². The number of benzene rings is 2.